The first-order valence-corrected chi connectivity index (χ1v) is 0. The van der Waals surface area contributed by atoms with E-state index >= 15 is 0 Å². The Morgan fingerprint density at radius 2 is 0.500 bits per heavy atom. The number of hydrogen-bond donors (Lipinski definition) is 0. The van der Waals surface area contributed by atoms with Crippen molar-refractivity contribution >= 4 is 0 Å². The predicted octanol–water partition coefficient (Wildman–Crippen LogP) is -8.47. The second-order valence-corrected chi connectivity index (χ2v) is 0. The second-order valence-electron chi connectivity index (χ2n) is 0. The van der Waals surface area contributed by atoms with Crippen molar-refractivity contribution in [2.45, 2.75) is 0 Å². The molecule has 6 heavy (non-hydrogen) atoms. The Kier molecular flexibility index (Phi) is 607000. The third-order valence-corrected chi connectivity index (χ3v) is 0. The fraction of sp³-hybridized carbons (Fsp3) is 0. The van der Waals surface area contributed by atoms with Crippen LogP contribution in [-0.4, -0.2) is 16.4 Å². The van der Waals surface area contributed by atoms with Gasteiger partial charge < -0.3 is 25.8 Å². The number of hydrogen-bond acceptors (Lipinski definition) is 0. The van der Waals surface area contributed by atoms with E-state index in [-0.39, 0.29) is 42.9 Å². The molecule has 6 N–H and O–H groups in total. The summed E-state index contributed by atoms with van der Waals surface area (Å²) in [5.41, 5.74) is 0. The van der Waals surface area contributed by atoms with E-state index in [1.54, 1.807) is 0 Å². The molecule has 6 heteroatoms. The van der Waals surface area contributed by atoms with Gasteiger partial charge in [0.15, 0.2) is 0 Å². The maximum Gasteiger partial charge on any atom is 2.00 e. The van der Waals surface area contributed by atoms with Gasteiger partial charge in [-0.25, -0.2) is 0 Å². The molecule has 0 fully saturated rings. The first-order chi connectivity index (χ1) is 0. The summed E-state index contributed by atoms with van der Waals surface area (Å²) in [7, 11) is 0. The molecule has 0 aromatic heterocycles. The maximum atomic E-state index is 0. The van der Waals surface area contributed by atoms with Crippen LogP contribution in [0.1, 0.15) is 0 Å². The molecule has 0 atom stereocenters. The Hall–Kier alpha value is 0.259. The van der Waals surface area contributed by atoms with Gasteiger partial charge in [-0.15, -0.1) is 0 Å². The molecule has 0 spiro atoms. The second kappa shape index (κ2) is 1420. The van der Waals surface area contributed by atoms with Gasteiger partial charge in [0.2, 0.25) is 0 Å². The van der Waals surface area contributed by atoms with Crippen LogP contribution in [0.4, 0.5) is 0 Å². The average molecular weight is 148 g/mol. The normalized spacial score (nSPS) is 0. The molecule has 0 radical (unpaired) electrons. The van der Waals surface area contributed by atoms with Crippen molar-refractivity contribution in [2.24, 2.45) is 0 Å². The van der Waals surface area contributed by atoms with Gasteiger partial charge in [0.05, 0.1) is 0 Å². The summed E-state index contributed by atoms with van der Waals surface area (Å²) in [6.45, 7) is 0. The minimum atomic E-state index is 0. The monoisotopic (exact) mass is 148 g/mol. The molecule has 0 saturated heterocycles. The first kappa shape index (κ1) is 2570. The van der Waals surface area contributed by atoms with E-state index in [4.69, 9.17) is 0 Å². The van der Waals surface area contributed by atoms with Crippen LogP contribution in [0.5, 0.6) is 0 Å². The first-order valence-electron chi connectivity index (χ1n) is 0. The largest absolute Gasteiger partial charge is 2.00 e. The van der Waals surface area contributed by atoms with Crippen LogP contribution >= 0.6 is 0 Å². The topological polar surface area (TPSA) is 94.5 Å². The van der Waals surface area contributed by atoms with Crippen LogP contribution in [0.25, 0.3) is 0 Å². The molecule has 0 bridgehead atoms. The Balaban J connectivity index is 0. The quantitative estimate of drug-likeness (QED) is 0.305. The van der Waals surface area contributed by atoms with Crippen molar-refractivity contribution in [3.63, 3.8) is 0 Å². The molecule has 0 saturated carbocycles. The summed E-state index contributed by atoms with van der Waals surface area (Å²) in [5, 5.41) is 0. The van der Waals surface area contributed by atoms with Crippen LogP contribution in [0.2, 0.25) is 0 Å². The summed E-state index contributed by atoms with van der Waals surface area (Å²) < 4.78 is 0. The van der Waals surface area contributed by atoms with Crippen LogP contribution in [0, 0.1) is 0 Å². The molecule has 0 aliphatic heterocycles. The van der Waals surface area contributed by atoms with E-state index in [0.29, 0.717) is 0 Å². The predicted molar refractivity (Wildman–Crippen MR) is 10.8 cm³/mol. The van der Waals surface area contributed by atoms with Crippen molar-refractivity contribution in [1.82, 2.24) is 0 Å². The van der Waals surface area contributed by atoms with Crippen molar-refractivity contribution < 1.29 is 42.9 Å². The van der Waals surface area contributed by atoms with Gasteiger partial charge >= 0.3 is 17.1 Å². The standard InChI is InChI=1S/2FH.Fe.3H2O/h2*1H;;3*1H2/q;;+2;;;/p-2. The maximum absolute atomic E-state index is 0. The van der Waals surface area contributed by atoms with Crippen LogP contribution < -0.4 is 9.41 Å². The summed E-state index contributed by atoms with van der Waals surface area (Å²) in [4.78, 5) is 0. The third-order valence-electron chi connectivity index (χ3n) is 0. The molecule has 0 aromatic carbocycles. The van der Waals surface area contributed by atoms with Gasteiger partial charge in [-0.1, -0.05) is 0 Å². The molecule has 0 aliphatic carbocycles. The van der Waals surface area contributed by atoms with E-state index in [1.165, 1.54) is 0 Å². The van der Waals surface area contributed by atoms with Crippen LogP contribution in [-0.2, 0) is 17.1 Å². The van der Waals surface area contributed by atoms with Gasteiger partial charge in [-0.2, -0.15) is 0 Å². The Bertz CT molecular complexity index is 8.75. The number of rotatable bonds is 0. The Morgan fingerprint density at radius 3 is 0.500 bits per heavy atom. The molecule has 0 aliphatic rings. The zero-order valence-corrected chi connectivity index (χ0v) is 3.71. The van der Waals surface area contributed by atoms with Gasteiger partial charge in [0.1, 0.15) is 0 Å². The molecule has 0 amide bonds. The summed E-state index contributed by atoms with van der Waals surface area (Å²) in [6, 6.07) is 0. The molecular formula is H6F2FeO3. The van der Waals surface area contributed by atoms with Gasteiger partial charge in [0.25, 0.3) is 0 Å². The minimum Gasteiger partial charge on any atom is -1.00 e. The minimum absolute atomic E-state index is 0. The van der Waals surface area contributed by atoms with Crippen LogP contribution in [0.15, 0.2) is 0 Å². The van der Waals surface area contributed by atoms with Crippen molar-refractivity contribution in [3.8, 4) is 0 Å². The number of halogens is 2. The molecule has 0 heterocycles. The SMILES string of the molecule is O.O.O.[F-].[F-].[Fe+2]. The van der Waals surface area contributed by atoms with Crippen LogP contribution in [0.3, 0.4) is 0 Å². The van der Waals surface area contributed by atoms with Gasteiger partial charge in [-0.05, 0) is 0 Å². The van der Waals surface area contributed by atoms with Crippen molar-refractivity contribution in [1.29, 1.82) is 0 Å². The van der Waals surface area contributed by atoms with E-state index < -0.39 is 0 Å². The van der Waals surface area contributed by atoms with E-state index in [9.17, 15) is 0 Å². The van der Waals surface area contributed by atoms with Gasteiger partial charge in [0, 0.05) is 0 Å². The third kappa shape index (κ3) is 672. The van der Waals surface area contributed by atoms with Gasteiger partial charge in [-0.3, -0.25) is 0 Å². The Labute approximate surface area is 43.9 Å². The van der Waals surface area contributed by atoms with E-state index in [1.807, 2.05) is 0 Å². The fourth-order valence-electron chi connectivity index (χ4n) is 0. The zero-order valence-electron chi connectivity index (χ0n) is 2.61. The molecule has 46 valence electrons. The fourth-order valence-corrected chi connectivity index (χ4v) is 0. The summed E-state index contributed by atoms with van der Waals surface area (Å²) >= 11 is 0. The molecular weight excluding hydrogens is 142 g/mol. The van der Waals surface area contributed by atoms with Crippen molar-refractivity contribution in [3.05, 3.63) is 0 Å². The summed E-state index contributed by atoms with van der Waals surface area (Å²) in [5.74, 6) is 0. The van der Waals surface area contributed by atoms with E-state index in [2.05, 4.69) is 0 Å². The molecule has 0 aromatic rings. The van der Waals surface area contributed by atoms with Crippen molar-refractivity contribution in [2.75, 3.05) is 0 Å². The summed E-state index contributed by atoms with van der Waals surface area (Å²) in [6.07, 6.45) is 0. The average Bonchev–Trinajstić information content (AvgIpc) is 0. The Morgan fingerprint density at radius 1 is 0.500 bits per heavy atom. The van der Waals surface area contributed by atoms with E-state index in [0.717, 1.165) is 0 Å². The smallest absolute Gasteiger partial charge is 1.00 e. The molecule has 0 unspecified atom stereocenters. The molecule has 3 nitrogen and oxygen atoms in total. The molecule has 0 rings (SSSR count). The zero-order chi connectivity index (χ0) is 0.